The van der Waals surface area contributed by atoms with Crippen LogP contribution in [0, 0.1) is 5.92 Å². The zero-order chi connectivity index (χ0) is 19.3. The summed E-state index contributed by atoms with van der Waals surface area (Å²) in [6, 6.07) is 6.06. The minimum Gasteiger partial charge on any atom is -0.376 e. The summed E-state index contributed by atoms with van der Waals surface area (Å²) in [7, 11) is 0. The summed E-state index contributed by atoms with van der Waals surface area (Å²) in [5.74, 6) is 3.53. The molecule has 2 aromatic heterocycles. The quantitative estimate of drug-likeness (QED) is 0.747. The predicted molar refractivity (Wildman–Crippen MR) is 108 cm³/mol. The van der Waals surface area contributed by atoms with Crippen LogP contribution in [0.25, 0.3) is 0 Å². The van der Waals surface area contributed by atoms with Crippen molar-refractivity contribution in [2.75, 3.05) is 55.8 Å². The zero-order valence-electron chi connectivity index (χ0n) is 16.8. The van der Waals surface area contributed by atoms with Crippen molar-refractivity contribution in [1.29, 1.82) is 0 Å². The lowest BCUT2D eigenvalue weighted by molar-refractivity contribution is -0.0881. The lowest BCUT2D eigenvalue weighted by Crippen LogP contribution is -2.47. The van der Waals surface area contributed by atoms with Gasteiger partial charge in [-0.25, -0.2) is 4.98 Å². The third-order valence-electron chi connectivity index (χ3n) is 5.19. The van der Waals surface area contributed by atoms with Gasteiger partial charge in [0.05, 0.1) is 25.9 Å². The van der Waals surface area contributed by atoms with Crippen molar-refractivity contribution in [3.63, 3.8) is 0 Å². The van der Waals surface area contributed by atoms with Crippen LogP contribution in [-0.4, -0.2) is 71.9 Å². The fourth-order valence-electron chi connectivity index (χ4n) is 3.80. The molecule has 2 aromatic rings. The van der Waals surface area contributed by atoms with Crippen LogP contribution in [0.3, 0.4) is 0 Å². The Balaban J connectivity index is 1.46. The predicted octanol–water partition coefficient (Wildman–Crippen LogP) is 1.61. The van der Waals surface area contributed by atoms with Gasteiger partial charge in [-0.15, -0.1) is 10.2 Å². The Morgan fingerprint density at radius 2 is 1.89 bits per heavy atom. The maximum absolute atomic E-state index is 5.83. The highest BCUT2D eigenvalue weighted by molar-refractivity contribution is 5.42. The van der Waals surface area contributed by atoms with Crippen LogP contribution in [0.1, 0.15) is 19.7 Å². The van der Waals surface area contributed by atoms with Crippen molar-refractivity contribution in [3.05, 3.63) is 30.2 Å². The maximum Gasteiger partial charge on any atom is 0.227 e. The summed E-state index contributed by atoms with van der Waals surface area (Å²) in [5.41, 5.74) is 0. The smallest absolute Gasteiger partial charge is 0.227 e. The average molecular weight is 387 g/mol. The van der Waals surface area contributed by atoms with Gasteiger partial charge in [0.1, 0.15) is 11.6 Å². The minimum absolute atomic E-state index is 0.0673. The van der Waals surface area contributed by atoms with Crippen molar-refractivity contribution < 1.29 is 9.47 Å². The molecule has 0 saturated carbocycles. The standard InChI is InChI=1S/C20H30N6O2/c1-16(2)14-26-19(13-17-15-27-11-12-28-17)22-23-20(26)25-9-7-24(8-10-25)18-5-3-4-6-21-18/h3-6,16-17H,7-15H2,1-2H3. The van der Waals surface area contributed by atoms with E-state index < -0.39 is 0 Å². The SMILES string of the molecule is CC(C)Cn1c(CC2COCCO2)nnc1N1CCN(c2ccccn2)CC1. The van der Waals surface area contributed by atoms with E-state index in [1.54, 1.807) is 0 Å². The van der Waals surface area contributed by atoms with E-state index in [2.05, 4.69) is 49.5 Å². The molecule has 8 heteroatoms. The number of nitrogens with zero attached hydrogens (tertiary/aromatic N) is 6. The van der Waals surface area contributed by atoms with Gasteiger partial charge in [-0.3, -0.25) is 4.57 Å². The first-order valence-electron chi connectivity index (χ1n) is 10.2. The van der Waals surface area contributed by atoms with Crippen LogP contribution in [0.4, 0.5) is 11.8 Å². The molecule has 0 bridgehead atoms. The van der Waals surface area contributed by atoms with E-state index in [0.29, 0.717) is 25.7 Å². The molecule has 1 atom stereocenters. The van der Waals surface area contributed by atoms with Crippen molar-refractivity contribution >= 4 is 11.8 Å². The first-order valence-corrected chi connectivity index (χ1v) is 10.2. The molecule has 0 aliphatic carbocycles. The van der Waals surface area contributed by atoms with Gasteiger partial charge in [0, 0.05) is 45.3 Å². The van der Waals surface area contributed by atoms with Gasteiger partial charge in [-0.05, 0) is 18.1 Å². The van der Waals surface area contributed by atoms with Crippen LogP contribution in [0.5, 0.6) is 0 Å². The van der Waals surface area contributed by atoms with E-state index >= 15 is 0 Å². The molecule has 4 rings (SSSR count). The van der Waals surface area contributed by atoms with E-state index in [9.17, 15) is 0 Å². The third kappa shape index (κ3) is 4.44. The highest BCUT2D eigenvalue weighted by Gasteiger charge is 2.26. The third-order valence-corrected chi connectivity index (χ3v) is 5.19. The Labute approximate surface area is 166 Å². The van der Waals surface area contributed by atoms with Gasteiger partial charge in [0.25, 0.3) is 0 Å². The molecular formula is C20H30N6O2. The number of pyridine rings is 1. The Bertz CT molecular complexity index is 736. The van der Waals surface area contributed by atoms with E-state index in [1.807, 2.05) is 18.3 Å². The fourth-order valence-corrected chi connectivity index (χ4v) is 3.80. The largest absolute Gasteiger partial charge is 0.376 e. The topological polar surface area (TPSA) is 68.5 Å². The molecule has 2 aliphatic heterocycles. The number of ether oxygens (including phenoxy) is 2. The monoisotopic (exact) mass is 386 g/mol. The number of piperazine rings is 1. The van der Waals surface area contributed by atoms with Crippen LogP contribution >= 0.6 is 0 Å². The molecule has 2 fully saturated rings. The first kappa shape index (κ1) is 19.1. The molecule has 8 nitrogen and oxygen atoms in total. The first-order chi connectivity index (χ1) is 13.7. The second-order valence-corrected chi connectivity index (χ2v) is 7.85. The highest BCUT2D eigenvalue weighted by atomic mass is 16.6. The van der Waals surface area contributed by atoms with Crippen molar-refractivity contribution in [2.45, 2.75) is 32.9 Å². The second kappa shape index (κ2) is 8.87. The lowest BCUT2D eigenvalue weighted by Gasteiger charge is -2.36. The Morgan fingerprint density at radius 3 is 2.57 bits per heavy atom. The molecule has 28 heavy (non-hydrogen) atoms. The van der Waals surface area contributed by atoms with Gasteiger partial charge >= 0.3 is 0 Å². The van der Waals surface area contributed by atoms with Crippen molar-refractivity contribution in [2.24, 2.45) is 5.92 Å². The van der Waals surface area contributed by atoms with E-state index in [1.165, 1.54) is 0 Å². The molecule has 0 radical (unpaired) electrons. The van der Waals surface area contributed by atoms with Crippen molar-refractivity contribution in [3.8, 4) is 0 Å². The number of aromatic nitrogens is 4. The second-order valence-electron chi connectivity index (χ2n) is 7.85. The molecule has 2 aliphatic rings. The van der Waals surface area contributed by atoms with Gasteiger partial charge < -0.3 is 19.3 Å². The number of anilines is 2. The minimum atomic E-state index is 0.0673. The van der Waals surface area contributed by atoms with Crippen LogP contribution < -0.4 is 9.80 Å². The Morgan fingerprint density at radius 1 is 1.07 bits per heavy atom. The molecule has 0 amide bonds. The van der Waals surface area contributed by atoms with Gasteiger partial charge in [0.15, 0.2) is 0 Å². The number of hydrogen-bond donors (Lipinski definition) is 0. The molecule has 2 saturated heterocycles. The number of hydrogen-bond acceptors (Lipinski definition) is 7. The molecular weight excluding hydrogens is 356 g/mol. The van der Waals surface area contributed by atoms with Crippen molar-refractivity contribution in [1.82, 2.24) is 19.7 Å². The Hall–Kier alpha value is -2.19. The molecule has 0 N–H and O–H groups in total. The molecule has 0 aromatic carbocycles. The molecule has 0 spiro atoms. The summed E-state index contributed by atoms with van der Waals surface area (Å²) in [6.45, 7) is 11.0. The Kier molecular flexibility index (Phi) is 6.07. The van der Waals surface area contributed by atoms with Crippen LogP contribution in [-0.2, 0) is 22.4 Å². The van der Waals surface area contributed by atoms with Crippen LogP contribution in [0.15, 0.2) is 24.4 Å². The summed E-state index contributed by atoms with van der Waals surface area (Å²) < 4.78 is 13.7. The van der Waals surface area contributed by atoms with Gasteiger partial charge in [-0.1, -0.05) is 19.9 Å². The van der Waals surface area contributed by atoms with E-state index in [0.717, 1.165) is 56.7 Å². The molecule has 4 heterocycles. The summed E-state index contributed by atoms with van der Waals surface area (Å²) in [4.78, 5) is 9.15. The number of rotatable bonds is 6. The molecule has 1 unspecified atom stereocenters. The van der Waals surface area contributed by atoms with Gasteiger partial charge in [0.2, 0.25) is 5.95 Å². The zero-order valence-corrected chi connectivity index (χ0v) is 16.8. The summed E-state index contributed by atoms with van der Waals surface area (Å²) in [6.07, 6.45) is 2.66. The lowest BCUT2D eigenvalue weighted by atomic mass is 10.2. The highest BCUT2D eigenvalue weighted by Crippen LogP contribution is 2.21. The summed E-state index contributed by atoms with van der Waals surface area (Å²) in [5, 5.41) is 9.09. The molecule has 152 valence electrons. The van der Waals surface area contributed by atoms with Gasteiger partial charge in [-0.2, -0.15) is 0 Å². The normalized spacial score (nSPS) is 20.8. The van der Waals surface area contributed by atoms with Crippen LogP contribution in [0.2, 0.25) is 0 Å². The summed E-state index contributed by atoms with van der Waals surface area (Å²) >= 11 is 0. The van der Waals surface area contributed by atoms with E-state index in [-0.39, 0.29) is 6.10 Å². The fraction of sp³-hybridized carbons (Fsp3) is 0.650. The van der Waals surface area contributed by atoms with E-state index in [4.69, 9.17) is 9.47 Å². The average Bonchev–Trinajstić information content (AvgIpc) is 3.11. The maximum atomic E-state index is 5.83.